The van der Waals surface area contributed by atoms with Crippen molar-refractivity contribution in [2.75, 3.05) is 0 Å². The third-order valence-electron chi connectivity index (χ3n) is 2.97. The van der Waals surface area contributed by atoms with Crippen LogP contribution in [0.2, 0.25) is 5.15 Å². The molecule has 0 aliphatic rings. The highest BCUT2D eigenvalue weighted by atomic mass is 79.9. The van der Waals surface area contributed by atoms with Crippen molar-refractivity contribution in [3.63, 3.8) is 0 Å². The Bertz CT molecular complexity index is 723. The molecule has 0 fully saturated rings. The van der Waals surface area contributed by atoms with Gasteiger partial charge in [0.25, 0.3) is 0 Å². The normalized spacial score (nSPS) is 13.1. The standard InChI is InChI=1S/C14H14BrClN2O2S/c1-2-12(10-6-4-3-5-7-10)18-21(19,20)13-8-11(15)9-17-14(13)16/h3-9,12,18H,2H2,1H3. The lowest BCUT2D eigenvalue weighted by Gasteiger charge is -2.18. The van der Waals surface area contributed by atoms with Crippen molar-refractivity contribution in [3.05, 3.63) is 57.8 Å². The minimum atomic E-state index is -3.75. The summed E-state index contributed by atoms with van der Waals surface area (Å²) in [5.74, 6) is 0. The van der Waals surface area contributed by atoms with E-state index in [-0.39, 0.29) is 16.1 Å². The summed E-state index contributed by atoms with van der Waals surface area (Å²) in [6, 6.07) is 10.5. The maximum absolute atomic E-state index is 12.5. The van der Waals surface area contributed by atoms with Gasteiger partial charge in [-0.05, 0) is 34.0 Å². The molecule has 1 aromatic carbocycles. The quantitative estimate of drug-likeness (QED) is 0.788. The van der Waals surface area contributed by atoms with Crippen LogP contribution < -0.4 is 4.72 Å². The Balaban J connectivity index is 2.34. The summed E-state index contributed by atoms with van der Waals surface area (Å²) < 4.78 is 28.2. The van der Waals surface area contributed by atoms with Crippen molar-refractivity contribution < 1.29 is 8.42 Å². The van der Waals surface area contributed by atoms with Gasteiger partial charge in [0.2, 0.25) is 10.0 Å². The fourth-order valence-electron chi connectivity index (χ4n) is 1.92. The number of hydrogen-bond donors (Lipinski definition) is 1. The maximum Gasteiger partial charge on any atom is 0.244 e. The van der Waals surface area contributed by atoms with Crippen LogP contribution in [-0.2, 0) is 10.0 Å². The summed E-state index contributed by atoms with van der Waals surface area (Å²) in [6.07, 6.45) is 2.08. The van der Waals surface area contributed by atoms with Crippen molar-refractivity contribution in [2.45, 2.75) is 24.3 Å². The molecule has 2 rings (SSSR count). The molecule has 0 aliphatic carbocycles. The molecule has 0 amide bonds. The predicted octanol–water partition coefficient (Wildman–Crippen LogP) is 3.93. The molecule has 1 N–H and O–H groups in total. The predicted molar refractivity (Wildman–Crippen MR) is 86.7 cm³/mol. The van der Waals surface area contributed by atoms with Gasteiger partial charge in [-0.1, -0.05) is 48.9 Å². The van der Waals surface area contributed by atoms with Gasteiger partial charge in [-0.3, -0.25) is 0 Å². The van der Waals surface area contributed by atoms with Crippen LogP contribution in [0.15, 0.2) is 52.0 Å². The number of aromatic nitrogens is 1. The van der Waals surface area contributed by atoms with Crippen LogP contribution in [0.4, 0.5) is 0 Å². The molecule has 1 atom stereocenters. The first-order valence-corrected chi connectivity index (χ1v) is 8.97. The Kier molecular flexibility index (Phi) is 5.37. The molecule has 0 bridgehead atoms. The van der Waals surface area contributed by atoms with Crippen LogP contribution in [0.25, 0.3) is 0 Å². The third kappa shape index (κ3) is 4.03. The van der Waals surface area contributed by atoms with E-state index in [0.29, 0.717) is 10.9 Å². The second kappa shape index (κ2) is 6.87. The van der Waals surface area contributed by atoms with Crippen LogP contribution >= 0.6 is 27.5 Å². The van der Waals surface area contributed by atoms with Crippen molar-refractivity contribution in [1.82, 2.24) is 9.71 Å². The molecule has 4 nitrogen and oxygen atoms in total. The summed E-state index contributed by atoms with van der Waals surface area (Å²) in [5.41, 5.74) is 0.905. The lowest BCUT2D eigenvalue weighted by Crippen LogP contribution is -2.28. The molecule has 7 heteroatoms. The molecule has 21 heavy (non-hydrogen) atoms. The summed E-state index contributed by atoms with van der Waals surface area (Å²) in [4.78, 5) is 3.82. The van der Waals surface area contributed by atoms with Gasteiger partial charge in [-0.15, -0.1) is 0 Å². The van der Waals surface area contributed by atoms with Crippen LogP contribution in [0.3, 0.4) is 0 Å². The van der Waals surface area contributed by atoms with Gasteiger partial charge in [0.1, 0.15) is 10.0 Å². The number of pyridine rings is 1. The van der Waals surface area contributed by atoms with Crippen molar-refractivity contribution >= 4 is 37.6 Å². The molecule has 1 heterocycles. The van der Waals surface area contributed by atoms with E-state index in [9.17, 15) is 8.42 Å². The second-order valence-corrected chi connectivity index (χ2v) is 7.39. The summed E-state index contributed by atoms with van der Waals surface area (Å²) in [5, 5.41) is -0.0476. The van der Waals surface area contributed by atoms with E-state index in [2.05, 4.69) is 25.6 Å². The summed E-state index contributed by atoms with van der Waals surface area (Å²) in [6.45, 7) is 1.92. The number of benzene rings is 1. The molecular formula is C14H14BrClN2O2S. The van der Waals surface area contributed by atoms with Gasteiger partial charge in [-0.2, -0.15) is 0 Å². The minimum Gasteiger partial charge on any atom is -0.242 e. The van der Waals surface area contributed by atoms with E-state index in [1.165, 1.54) is 12.3 Å². The highest BCUT2D eigenvalue weighted by Gasteiger charge is 2.23. The average Bonchev–Trinajstić information content (AvgIpc) is 2.48. The summed E-state index contributed by atoms with van der Waals surface area (Å²) in [7, 11) is -3.75. The lowest BCUT2D eigenvalue weighted by atomic mass is 10.1. The molecule has 0 radical (unpaired) electrons. The average molecular weight is 390 g/mol. The van der Waals surface area contributed by atoms with E-state index < -0.39 is 10.0 Å². The fourth-order valence-corrected chi connectivity index (χ4v) is 4.17. The lowest BCUT2D eigenvalue weighted by molar-refractivity contribution is 0.549. The van der Waals surface area contributed by atoms with Gasteiger partial charge in [0.15, 0.2) is 0 Å². The smallest absolute Gasteiger partial charge is 0.242 e. The van der Waals surface area contributed by atoms with Gasteiger partial charge >= 0.3 is 0 Å². The van der Waals surface area contributed by atoms with Crippen LogP contribution in [0.5, 0.6) is 0 Å². The number of sulfonamides is 1. The number of rotatable bonds is 5. The van der Waals surface area contributed by atoms with Crippen molar-refractivity contribution in [1.29, 1.82) is 0 Å². The Hall–Kier alpha value is -0.950. The molecule has 0 saturated heterocycles. The van der Waals surface area contributed by atoms with Crippen molar-refractivity contribution in [3.8, 4) is 0 Å². The topological polar surface area (TPSA) is 59.1 Å². The van der Waals surface area contributed by atoms with E-state index in [0.717, 1.165) is 5.56 Å². The number of nitrogens with one attached hydrogen (secondary N) is 1. The van der Waals surface area contributed by atoms with Gasteiger partial charge in [0, 0.05) is 16.7 Å². The second-order valence-electron chi connectivity index (χ2n) is 4.44. The van der Waals surface area contributed by atoms with Gasteiger partial charge in [0.05, 0.1) is 0 Å². The van der Waals surface area contributed by atoms with Gasteiger partial charge < -0.3 is 0 Å². The largest absolute Gasteiger partial charge is 0.244 e. The Morgan fingerprint density at radius 1 is 1.33 bits per heavy atom. The first-order chi connectivity index (χ1) is 9.94. The zero-order valence-corrected chi connectivity index (χ0v) is 14.4. The van der Waals surface area contributed by atoms with Crippen LogP contribution in [-0.4, -0.2) is 13.4 Å². The molecule has 0 saturated carbocycles. The van der Waals surface area contributed by atoms with Gasteiger partial charge in [-0.25, -0.2) is 18.1 Å². The maximum atomic E-state index is 12.5. The number of hydrogen-bond acceptors (Lipinski definition) is 3. The Morgan fingerprint density at radius 3 is 2.62 bits per heavy atom. The highest BCUT2D eigenvalue weighted by molar-refractivity contribution is 9.10. The van der Waals surface area contributed by atoms with Crippen LogP contribution in [0, 0.1) is 0 Å². The highest BCUT2D eigenvalue weighted by Crippen LogP contribution is 2.25. The zero-order chi connectivity index (χ0) is 15.5. The first-order valence-electron chi connectivity index (χ1n) is 6.32. The fraction of sp³-hybridized carbons (Fsp3) is 0.214. The molecule has 1 unspecified atom stereocenters. The Labute approximate surface area is 137 Å². The molecule has 0 spiro atoms. The molecule has 112 valence electrons. The SMILES string of the molecule is CCC(NS(=O)(=O)c1cc(Br)cnc1Cl)c1ccccc1. The molecule has 0 aliphatic heterocycles. The molecule has 2 aromatic rings. The molecular weight excluding hydrogens is 376 g/mol. The summed E-state index contributed by atoms with van der Waals surface area (Å²) >= 11 is 9.11. The van der Waals surface area contributed by atoms with Crippen LogP contribution in [0.1, 0.15) is 24.9 Å². The third-order valence-corrected chi connectivity index (χ3v) is 5.30. The van der Waals surface area contributed by atoms with E-state index in [1.807, 2.05) is 37.3 Å². The first kappa shape index (κ1) is 16.4. The van der Waals surface area contributed by atoms with E-state index >= 15 is 0 Å². The monoisotopic (exact) mass is 388 g/mol. The van der Waals surface area contributed by atoms with Crippen molar-refractivity contribution in [2.24, 2.45) is 0 Å². The Morgan fingerprint density at radius 2 is 2.00 bits per heavy atom. The minimum absolute atomic E-state index is 0.0343. The van der Waals surface area contributed by atoms with E-state index in [4.69, 9.17) is 11.6 Å². The van der Waals surface area contributed by atoms with E-state index in [1.54, 1.807) is 0 Å². The zero-order valence-electron chi connectivity index (χ0n) is 11.3. The number of nitrogens with zero attached hydrogens (tertiary/aromatic N) is 1. The number of halogens is 2. The molecule has 1 aromatic heterocycles.